The lowest BCUT2D eigenvalue weighted by Crippen LogP contribution is -2.22. The zero-order valence-electron chi connectivity index (χ0n) is 14.3. The van der Waals surface area contributed by atoms with Gasteiger partial charge in [-0.05, 0) is 19.0 Å². The molecule has 0 saturated heterocycles. The average Bonchev–Trinajstić information content (AvgIpc) is 2.80. The maximum Gasteiger partial charge on any atom is 0.340 e. The summed E-state index contributed by atoms with van der Waals surface area (Å²) in [5, 5.41) is 1.10. The van der Waals surface area contributed by atoms with Gasteiger partial charge in [0, 0.05) is 26.3 Å². The number of ether oxygens (including phenoxy) is 2. The van der Waals surface area contributed by atoms with Gasteiger partial charge in [0.1, 0.15) is 11.9 Å². The normalized spacial score (nSPS) is 11.9. The smallest absolute Gasteiger partial charge is 0.340 e. The zero-order chi connectivity index (χ0) is 17.2. The number of esters is 1. The van der Waals surface area contributed by atoms with Crippen molar-refractivity contribution in [2.24, 2.45) is 0 Å². The Morgan fingerprint density at radius 2 is 2.09 bits per heavy atom. The van der Waals surface area contributed by atoms with Crippen LogP contribution in [0.15, 0.2) is 12.3 Å². The lowest BCUT2D eigenvalue weighted by molar-refractivity contribution is 0.0601. The maximum atomic E-state index is 12.0. The third-order valence-corrected chi connectivity index (χ3v) is 5.53. The van der Waals surface area contributed by atoms with Gasteiger partial charge in [0.05, 0.1) is 23.9 Å². The molecule has 0 unspecified atom stereocenters. The van der Waals surface area contributed by atoms with Crippen LogP contribution < -0.4 is 0 Å². The van der Waals surface area contributed by atoms with Crippen LogP contribution in [0.4, 0.5) is 0 Å². The number of nitrogens with zero attached hydrogens (tertiary/aromatic N) is 2. The Morgan fingerprint density at radius 3 is 2.70 bits per heavy atom. The number of pyridine rings is 1. The van der Waals surface area contributed by atoms with Crippen LogP contribution in [0.1, 0.15) is 16.1 Å². The minimum atomic E-state index is -1.12. The van der Waals surface area contributed by atoms with E-state index in [0.717, 1.165) is 22.6 Å². The molecule has 2 heterocycles. The predicted molar refractivity (Wildman–Crippen MR) is 94.9 cm³/mol. The largest absolute Gasteiger partial charge is 0.465 e. The molecule has 0 N–H and O–H groups in total. The van der Waals surface area contributed by atoms with Crippen molar-refractivity contribution >= 4 is 36.5 Å². The summed E-state index contributed by atoms with van der Waals surface area (Å²) in [7, 11) is 0.243. The number of carbonyl (C=O) groups is 1. The number of aryl methyl sites for hydroxylation is 1. The summed E-state index contributed by atoms with van der Waals surface area (Å²) in [6, 6.07) is 2.79. The fraction of sp³-hybridized carbons (Fsp3) is 0.500. The highest BCUT2D eigenvalue weighted by Gasteiger charge is 2.19. The summed E-state index contributed by atoms with van der Waals surface area (Å²) in [5.74, 6) is -0.391. The quantitative estimate of drug-likeness (QED) is 0.339. The fourth-order valence-electron chi connectivity index (χ4n) is 2.40. The van der Waals surface area contributed by atoms with Gasteiger partial charge in [-0.2, -0.15) is 0 Å². The Morgan fingerprint density at radius 1 is 1.39 bits per heavy atom. The molecule has 23 heavy (non-hydrogen) atoms. The van der Waals surface area contributed by atoms with E-state index in [4.69, 9.17) is 21.1 Å². The number of rotatable bonds is 6. The molecule has 0 radical (unpaired) electrons. The van der Waals surface area contributed by atoms with Crippen LogP contribution in [0.2, 0.25) is 30.8 Å². The summed E-state index contributed by atoms with van der Waals surface area (Å²) >= 11 is 6.03. The molecule has 0 aliphatic rings. The van der Waals surface area contributed by atoms with Gasteiger partial charge in [-0.3, -0.25) is 0 Å². The topological polar surface area (TPSA) is 53.4 Å². The summed E-state index contributed by atoms with van der Waals surface area (Å²) in [5.41, 5.74) is 2.09. The number of carbonyl (C=O) groups excluding carboxylic acids is 1. The van der Waals surface area contributed by atoms with Gasteiger partial charge in [0.15, 0.2) is 0 Å². The SMILES string of the molecule is COC(=O)c1cn(COCC[Si](C)(C)C)c2c(C)nc(Cl)cc12. The second-order valence-corrected chi connectivity index (χ2v) is 12.8. The van der Waals surface area contributed by atoms with Gasteiger partial charge < -0.3 is 14.0 Å². The van der Waals surface area contributed by atoms with Crippen molar-refractivity contribution in [2.45, 2.75) is 39.3 Å². The van der Waals surface area contributed by atoms with Crippen LogP contribution in [-0.4, -0.2) is 37.3 Å². The van der Waals surface area contributed by atoms with Gasteiger partial charge in [-0.1, -0.05) is 31.2 Å². The molecule has 0 fully saturated rings. The predicted octanol–water partition coefficient (Wildman–Crippen LogP) is 4.10. The number of hydrogen-bond donors (Lipinski definition) is 0. The zero-order valence-corrected chi connectivity index (χ0v) is 16.0. The molecule has 5 nitrogen and oxygen atoms in total. The first-order valence-corrected chi connectivity index (χ1v) is 11.6. The minimum absolute atomic E-state index is 0.359. The highest BCUT2D eigenvalue weighted by atomic mass is 35.5. The summed E-state index contributed by atoms with van der Waals surface area (Å²) in [4.78, 5) is 16.3. The second-order valence-electron chi connectivity index (χ2n) is 6.78. The van der Waals surface area contributed by atoms with Crippen LogP contribution in [-0.2, 0) is 16.2 Å². The van der Waals surface area contributed by atoms with Gasteiger partial charge >= 0.3 is 5.97 Å². The molecule has 0 saturated carbocycles. The number of aromatic nitrogens is 2. The van der Waals surface area contributed by atoms with Crippen molar-refractivity contribution in [3.05, 3.63) is 28.7 Å². The van der Waals surface area contributed by atoms with E-state index in [-0.39, 0.29) is 0 Å². The van der Waals surface area contributed by atoms with Crippen LogP contribution in [0.3, 0.4) is 0 Å². The van der Waals surface area contributed by atoms with Crippen molar-refractivity contribution in [3.63, 3.8) is 0 Å². The minimum Gasteiger partial charge on any atom is -0.465 e. The van der Waals surface area contributed by atoms with Crippen molar-refractivity contribution in [1.82, 2.24) is 9.55 Å². The Bertz CT molecular complexity index is 722. The summed E-state index contributed by atoms with van der Waals surface area (Å²) in [6.45, 7) is 9.89. The van der Waals surface area contributed by atoms with Gasteiger partial charge in [-0.15, -0.1) is 0 Å². The fourth-order valence-corrected chi connectivity index (χ4v) is 3.39. The van der Waals surface area contributed by atoms with E-state index in [9.17, 15) is 4.79 Å². The van der Waals surface area contributed by atoms with E-state index in [2.05, 4.69) is 24.6 Å². The molecule has 7 heteroatoms. The molecular weight excluding hydrogens is 332 g/mol. The van der Waals surface area contributed by atoms with Crippen molar-refractivity contribution in [2.75, 3.05) is 13.7 Å². The van der Waals surface area contributed by atoms with Gasteiger partial charge in [-0.25, -0.2) is 9.78 Å². The van der Waals surface area contributed by atoms with E-state index in [1.807, 2.05) is 11.5 Å². The lowest BCUT2D eigenvalue weighted by Gasteiger charge is -2.16. The monoisotopic (exact) mass is 354 g/mol. The van der Waals surface area contributed by atoms with Crippen molar-refractivity contribution in [3.8, 4) is 0 Å². The molecule has 0 amide bonds. The van der Waals surface area contributed by atoms with Crippen LogP contribution in [0, 0.1) is 6.92 Å². The molecule has 0 aromatic carbocycles. The molecule has 126 valence electrons. The van der Waals surface area contributed by atoms with E-state index in [1.54, 1.807) is 12.3 Å². The highest BCUT2D eigenvalue weighted by molar-refractivity contribution is 6.76. The molecule has 0 atom stereocenters. The maximum absolute atomic E-state index is 12.0. The number of halogens is 1. The molecule has 2 rings (SSSR count). The molecule has 2 aromatic rings. The molecule has 0 bridgehead atoms. The van der Waals surface area contributed by atoms with Crippen molar-refractivity contribution in [1.29, 1.82) is 0 Å². The lowest BCUT2D eigenvalue weighted by atomic mass is 10.2. The standard InChI is InChI=1S/C16H23ClN2O3Si/c1-11-15-12(8-14(17)18-11)13(16(20)21-2)9-19(15)10-22-6-7-23(3,4)5/h8-9H,6-7,10H2,1-5H3. The number of methoxy groups -OCH3 is 1. The summed E-state index contributed by atoms with van der Waals surface area (Å²) in [6.07, 6.45) is 1.75. The number of hydrogen-bond acceptors (Lipinski definition) is 4. The third-order valence-electron chi connectivity index (χ3n) is 3.63. The Labute approximate surface area is 142 Å². The van der Waals surface area contributed by atoms with Gasteiger partial charge in [0.2, 0.25) is 0 Å². The Balaban J connectivity index is 2.31. The average molecular weight is 355 g/mol. The van der Waals surface area contributed by atoms with Crippen LogP contribution in [0.5, 0.6) is 0 Å². The third kappa shape index (κ3) is 4.34. The first-order valence-electron chi connectivity index (χ1n) is 7.55. The molecule has 2 aromatic heterocycles. The van der Waals surface area contributed by atoms with E-state index in [0.29, 0.717) is 24.1 Å². The molecular formula is C16H23ClN2O3Si. The number of fused-ring (bicyclic) bond motifs is 1. The van der Waals surface area contributed by atoms with Crippen molar-refractivity contribution < 1.29 is 14.3 Å². The van der Waals surface area contributed by atoms with E-state index >= 15 is 0 Å². The van der Waals surface area contributed by atoms with Gasteiger partial charge in [0.25, 0.3) is 0 Å². The first-order chi connectivity index (χ1) is 10.7. The van der Waals surface area contributed by atoms with Crippen LogP contribution >= 0.6 is 11.6 Å². The Kier molecular flexibility index (Phi) is 5.49. The molecule has 0 aliphatic heterocycles. The second kappa shape index (κ2) is 7.03. The molecule has 0 aliphatic carbocycles. The van der Waals surface area contributed by atoms with E-state index < -0.39 is 14.0 Å². The van der Waals surface area contributed by atoms with E-state index in [1.165, 1.54) is 7.11 Å². The molecule has 0 spiro atoms. The highest BCUT2D eigenvalue weighted by Crippen LogP contribution is 2.27. The van der Waals surface area contributed by atoms with Crippen LogP contribution in [0.25, 0.3) is 10.9 Å². The Hall–Kier alpha value is -1.37. The first kappa shape index (κ1) is 18.0. The summed E-state index contributed by atoms with van der Waals surface area (Å²) < 4.78 is 12.6.